The third-order valence-electron chi connectivity index (χ3n) is 3.02. The maximum atomic E-state index is 5.34. The summed E-state index contributed by atoms with van der Waals surface area (Å²) in [5, 5.41) is 3.91. The normalized spacial score (nSPS) is 18.3. The molecule has 0 N–H and O–H groups in total. The average Bonchev–Trinajstić information content (AvgIpc) is 2.87. The van der Waals surface area contributed by atoms with E-state index in [0.717, 1.165) is 16.6 Å². The molecule has 0 aliphatic carbocycles. The van der Waals surface area contributed by atoms with Crippen LogP contribution in [0.25, 0.3) is 11.1 Å². The number of halogens is 1. The first-order valence-electron chi connectivity index (χ1n) is 5.86. The Labute approximate surface area is 114 Å². The molecule has 0 spiro atoms. The van der Waals surface area contributed by atoms with Gasteiger partial charge < -0.3 is 4.84 Å². The fourth-order valence-electron chi connectivity index (χ4n) is 2.05. The molecular formula is C15H12BrNO. The van der Waals surface area contributed by atoms with Crippen LogP contribution in [0.4, 0.5) is 0 Å². The molecule has 1 aliphatic rings. The highest BCUT2D eigenvalue weighted by Gasteiger charge is 2.20. The summed E-state index contributed by atoms with van der Waals surface area (Å²) < 4.78 is 0.875. The van der Waals surface area contributed by atoms with Gasteiger partial charge >= 0.3 is 0 Å². The first-order chi connectivity index (χ1) is 8.83. The Morgan fingerprint density at radius 1 is 0.944 bits per heavy atom. The summed E-state index contributed by atoms with van der Waals surface area (Å²) in [6.07, 6.45) is 0.856. The highest BCUT2D eigenvalue weighted by atomic mass is 79.9. The number of nitrogens with zero attached hydrogens (tertiary/aromatic N) is 1. The predicted octanol–water partition coefficient (Wildman–Crippen LogP) is 4.52. The molecule has 3 rings (SSSR count). The molecule has 18 heavy (non-hydrogen) atoms. The van der Waals surface area contributed by atoms with Gasteiger partial charge in [-0.3, -0.25) is 0 Å². The van der Waals surface area contributed by atoms with Crippen molar-refractivity contribution in [3.63, 3.8) is 0 Å². The Morgan fingerprint density at radius 3 is 2.22 bits per heavy atom. The molecule has 1 atom stereocenters. The highest BCUT2D eigenvalue weighted by Crippen LogP contribution is 2.30. The van der Waals surface area contributed by atoms with E-state index in [4.69, 9.17) is 4.84 Å². The minimum absolute atomic E-state index is 0.0456. The quantitative estimate of drug-likeness (QED) is 0.799. The number of oxime groups is 1. The van der Waals surface area contributed by atoms with Crippen LogP contribution >= 0.6 is 15.9 Å². The molecule has 1 heterocycles. The van der Waals surface area contributed by atoms with Crippen molar-refractivity contribution < 1.29 is 4.84 Å². The molecular weight excluding hydrogens is 290 g/mol. The Hall–Kier alpha value is -1.61. The molecule has 0 unspecified atom stereocenters. The molecule has 2 aromatic carbocycles. The molecule has 0 aromatic heterocycles. The number of hydrogen-bond acceptors (Lipinski definition) is 2. The van der Waals surface area contributed by atoms with Crippen LogP contribution in [0.2, 0.25) is 0 Å². The van der Waals surface area contributed by atoms with E-state index in [1.165, 1.54) is 11.1 Å². The van der Waals surface area contributed by atoms with E-state index in [2.05, 4.69) is 57.5 Å². The van der Waals surface area contributed by atoms with E-state index in [9.17, 15) is 0 Å². The van der Waals surface area contributed by atoms with Crippen LogP contribution in [0.1, 0.15) is 18.1 Å². The lowest BCUT2D eigenvalue weighted by molar-refractivity contribution is 0.0858. The zero-order chi connectivity index (χ0) is 12.4. The van der Waals surface area contributed by atoms with Gasteiger partial charge in [-0.1, -0.05) is 59.8 Å². The van der Waals surface area contributed by atoms with Gasteiger partial charge in [-0.25, -0.2) is 0 Å². The van der Waals surface area contributed by atoms with E-state index in [-0.39, 0.29) is 6.10 Å². The fourth-order valence-corrected chi connectivity index (χ4v) is 2.43. The zero-order valence-corrected chi connectivity index (χ0v) is 11.3. The monoisotopic (exact) mass is 301 g/mol. The molecule has 0 amide bonds. The maximum Gasteiger partial charge on any atom is 0.158 e. The van der Waals surface area contributed by atoms with Gasteiger partial charge in [-0.15, -0.1) is 0 Å². The van der Waals surface area contributed by atoms with Gasteiger partial charge in [-0.05, 0) is 32.6 Å². The van der Waals surface area contributed by atoms with E-state index in [1.54, 1.807) is 0 Å². The lowest BCUT2D eigenvalue weighted by Crippen LogP contribution is -1.96. The van der Waals surface area contributed by atoms with Crippen LogP contribution < -0.4 is 0 Å². The summed E-state index contributed by atoms with van der Waals surface area (Å²) in [7, 11) is 0. The van der Waals surface area contributed by atoms with Crippen LogP contribution in [0.15, 0.2) is 59.8 Å². The van der Waals surface area contributed by atoms with Crippen molar-refractivity contribution in [2.45, 2.75) is 12.5 Å². The van der Waals surface area contributed by atoms with Crippen molar-refractivity contribution in [2.75, 3.05) is 0 Å². The Balaban J connectivity index is 1.82. The average molecular weight is 302 g/mol. The summed E-state index contributed by atoms with van der Waals surface area (Å²) >= 11 is 3.35. The molecule has 0 radical (unpaired) electrons. The first-order valence-corrected chi connectivity index (χ1v) is 6.66. The van der Waals surface area contributed by atoms with Crippen molar-refractivity contribution in [3.8, 4) is 11.1 Å². The highest BCUT2D eigenvalue weighted by molar-refractivity contribution is 9.18. The molecule has 1 aliphatic heterocycles. The van der Waals surface area contributed by atoms with Gasteiger partial charge in [0.05, 0.1) is 0 Å². The predicted molar refractivity (Wildman–Crippen MR) is 76.7 cm³/mol. The van der Waals surface area contributed by atoms with Gasteiger partial charge in [0, 0.05) is 6.42 Å². The van der Waals surface area contributed by atoms with E-state index in [1.807, 2.05) is 18.2 Å². The van der Waals surface area contributed by atoms with Crippen LogP contribution in [-0.4, -0.2) is 4.62 Å². The number of rotatable bonds is 2. The van der Waals surface area contributed by atoms with Gasteiger partial charge in [-0.2, -0.15) is 0 Å². The zero-order valence-electron chi connectivity index (χ0n) is 9.71. The van der Waals surface area contributed by atoms with Gasteiger partial charge in [0.15, 0.2) is 6.10 Å². The minimum Gasteiger partial charge on any atom is -0.386 e. The lowest BCUT2D eigenvalue weighted by Gasteiger charge is -2.09. The van der Waals surface area contributed by atoms with Crippen LogP contribution in [0, 0.1) is 0 Å². The van der Waals surface area contributed by atoms with Crippen LogP contribution in [-0.2, 0) is 4.84 Å². The second-order valence-corrected chi connectivity index (χ2v) is 5.17. The molecule has 0 bridgehead atoms. The fraction of sp³-hybridized carbons (Fsp3) is 0.133. The summed E-state index contributed by atoms with van der Waals surface area (Å²) in [4.78, 5) is 5.34. The standard InChI is InChI=1S/C15H12BrNO/c16-15-10-14(18-17-15)13-8-6-12(7-9-13)11-4-2-1-3-5-11/h1-9,14H,10H2/t14-/m0/s1. The van der Waals surface area contributed by atoms with Gasteiger partial charge in [0.2, 0.25) is 0 Å². The van der Waals surface area contributed by atoms with Crippen molar-refractivity contribution in [2.24, 2.45) is 5.16 Å². The van der Waals surface area contributed by atoms with E-state index < -0.39 is 0 Å². The second kappa shape index (κ2) is 4.94. The summed E-state index contributed by atoms with van der Waals surface area (Å²) in [5.74, 6) is 0. The van der Waals surface area contributed by atoms with Crippen LogP contribution in [0.3, 0.4) is 0 Å². The van der Waals surface area contributed by atoms with Crippen molar-refractivity contribution in [1.82, 2.24) is 0 Å². The Kier molecular flexibility index (Phi) is 3.15. The largest absolute Gasteiger partial charge is 0.386 e. The topological polar surface area (TPSA) is 21.6 Å². The van der Waals surface area contributed by atoms with Crippen LogP contribution in [0.5, 0.6) is 0 Å². The smallest absolute Gasteiger partial charge is 0.158 e. The molecule has 3 heteroatoms. The van der Waals surface area contributed by atoms with Crippen molar-refractivity contribution in [1.29, 1.82) is 0 Å². The summed E-state index contributed by atoms with van der Waals surface area (Å²) in [6.45, 7) is 0. The molecule has 0 saturated carbocycles. The van der Waals surface area contributed by atoms with Gasteiger partial charge in [0.1, 0.15) is 4.62 Å². The Bertz CT molecular complexity index is 563. The maximum absolute atomic E-state index is 5.34. The first kappa shape index (κ1) is 11.5. The molecule has 90 valence electrons. The number of benzene rings is 2. The van der Waals surface area contributed by atoms with E-state index >= 15 is 0 Å². The summed E-state index contributed by atoms with van der Waals surface area (Å²) in [5.41, 5.74) is 3.61. The molecule has 0 saturated heterocycles. The molecule has 2 nitrogen and oxygen atoms in total. The lowest BCUT2D eigenvalue weighted by atomic mass is 10.0. The van der Waals surface area contributed by atoms with Gasteiger partial charge in [0.25, 0.3) is 0 Å². The number of hydrogen-bond donors (Lipinski definition) is 0. The summed E-state index contributed by atoms with van der Waals surface area (Å²) in [6, 6.07) is 18.8. The molecule has 0 fully saturated rings. The third-order valence-corrected chi connectivity index (χ3v) is 3.49. The van der Waals surface area contributed by atoms with E-state index in [0.29, 0.717) is 0 Å². The Morgan fingerprint density at radius 2 is 1.61 bits per heavy atom. The minimum atomic E-state index is 0.0456. The SMILES string of the molecule is BrC1=NO[C@H](c2ccc(-c3ccccc3)cc2)C1. The third kappa shape index (κ3) is 2.31. The van der Waals surface area contributed by atoms with Crippen molar-refractivity contribution >= 4 is 20.6 Å². The van der Waals surface area contributed by atoms with Crippen molar-refractivity contribution in [3.05, 3.63) is 60.2 Å². The molecule has 2 aromatic rings. The second-order valence-electron chi connectivity index (χ2n) is 4.25.